The van der Waals surface area contributed by atoms with E-state index in [-0.39, 0.29) is 28.1 Å². The van der Waals surface area contributed by atoms with Crippen molar-refractivity contribution < 1.29 is 22.7 Å². The van der Waals surface area contributed by atoms with Gasteiger partial charge in [0.2, 0.25) is 11.7 Å². The van der Waals surface area contributed by atoms with Crippen molar-refractivity contribution in [1.82, 2.24) is 14.8 Å². The van der Waals surface area contributed by atoms with Crippen molar-refractivity contribution in [2.75, 3.05) is 39.5 Å². The van der Waals surface area contributed by atoms with Gasteiger partial charge in [0.15, 0.2) is 11.4 Å². The number of benzene rings is 1. The van der Waals surface area contributed by atoms with Gasteiger partial charge in [-0.25, -0.2) is 13.8 Å². The lowest BCUT2D eigenvalue weighted by Gasteiger charge is -2.27. The number of amides is 1. The summed E-state index contributed by atoms with van der Waals surface area (Å²) in [6.07, 6.45) is 4.85. The van der Waals surface area contributed by atoms with Crippen LogP contribution in [-0.4, -0.2) is 54.4 Å². The Hall–Kier alpha value is -3.17. The second-order valence-electron chi connectivity index (χ2n) is 8.44. The standard InChI is InChI=1S/C24H25ClF2N4O3/c1-13(20-17(26)4-5-18(27)21(20)25)34-23-22-15(10-29-24(23)28)16(12-33-22)14-6-8-31(9-7-14)19(32)11-30(2)3/h4-6,10,12-13H,7-9,11H2,1-3H3,(H2,28,29)/t13-/m1/s1. The molecule has 10 heteroatoms. The highest BCUT2D eigenvalue weighted by Crippen LogP contribution is 2.40. The highest BCUT2D eigenvalue weighted by molar-refractivity contribution is 6.31. The molecule has 2 N–H and O–H groups in total. The normalized spacial score (nSPS) is 15.0. The summed E-state index contributed by atoms with van der Waals surface area (Å²) in [5, 5.41) is 0.314. The third kappa shape index (κ3) is 4.58. The third-order valence-corrected chi connectivity index (χ3v) is 6.13. The molecule has 0 spiro atoms. The molecule has 0 radical (unpaired) electrons. The summed E-state index contributed by atoms with van der Waals surface area (Å²) in [7, 11) is 3.72. The van der Waals surface area contributed by atoms with Crippen molar-refractivity contribution >= 4 is 39.9 Å². The van der Waals surface area contributed by atoms with Crippen LogP contribution in [0.2, 0.25) is 5.02 Å². The van der Waals surface area contributed by atoms with E-state index in [0.29, 0.717) is 37.0 Å². The number of hydrogen-bond donors (Lipinski definition) is 1. The number of rotatable bonds is 6. The predicted octanol–water partition coefficient (Wildman–Crippen LogP) is 4.66. The number of nitrogen functional groups attached to an aromatic ring is 1. The summed E-state index contributed by atoms with van der Waals surface area (Å²) in [6.45, 7) is 2.98. The molecule has 3 aromatic rings. The molecule has 1 aliphatic rings. The number of carbonyl (C=O) groups is 1. The molecule has 4 rings (SSSR count). The monoisotopic (exact) mass is 490 g/mol. The molecule has 1 aliphatic heterocycles. The number of pyridine rings is 1. The van der Waals surface area contributed by atoms with Gasteiger partial charge in [0, 0.05) is 30.4 Å². The Bertz CT molecular complexity index is 1270. The summed E-state index contributed by atoms with van der Waals surface area (Å²) in [6, 6.07) is 1.95. The Morgan fingerprint density at radius 1 is 1.35 bits per heavy atom. The lowest BCUT2D eigenvalue weighted by molar-refractivity contribution is -0.131. The number of halogens is 3. The van der Waals surface area contributed by atoms with E-state index in [4.69, 9.17) is 26.5 Å². The topological polar surface area (TPSA) is 84.8 Å². The molecule has 0 unspecified atom stereocenters. The molecule has 0 bridgehead atoms. The second-order valence-corrected chi connectivity index (χ2v) is 8.82. The van der Waals surface area contributed by atoms with Crippen LogP contribution in [0.3, 0.4) is 0 Å². The molecular formula is C24H25ClF2N4O3. The molecule has 34 heavy (non-hydrogen) atoms. The Kier molecular flexibility index (Phi) is 6.77. The molecule has 1 aromatic carbocycles. The number of furan rings is 1. The fraction of sp³-hybridized carbons (Fsp3) is 0.333. The molecule has 1 atom stereocenters. The first-order chi connectivity index (χ1) is 16.2. The number of hydrogen-bond acceptors (Lipinski definition) is 6. The van der Waals surface area contributed by atoms with Gasteiger partial charge in [0.05, 0.1) is 23.2 Å². The molecule has 0 fully saturated rings. The van der Waals surface area contributed by atoms with Crippen LogP contribution < -0.4 is 10.5 Å². The molecule has 3 heterocycles. The molecule has 0 saturated carbocycles. The van der Waals surface area contributed by atoms with Crippen molar-refractivity contribution in [1.29, 1.82) is 0 Å². The van der Waals surface area contributed by atoms with Crippen LogP contribution in [0.1, 0.15) is 30.6 Å². The lowest BCUT2D eigenvalue weighted by atomic mass is 9.99. The zero-order valence-corrected chi connectivity index (χ0v) is 19.8. The van der Waals surface area contributed by atoms with Gasteiger partial charge < -0.3 is 24.7 Å². The van der Waals surface area contributed by atoms with Crippen LogP contribution >= 0.6 is 11.6 Å². The number of ether oxygens (including phenoxy) is 1. The highest BCUT2D eigenvalue weighted by Gasteiger charge is 2.25. The minimum Gasteiger partial charge on any atom is -0.478 e. The maximum Gasteiger partial charge on any atom is 0.237 e. The lowest BCUT2D eigenvalue weighted by Crippen LogP contribution is -2.40. The summed E-state index contributed by atoms with van der Waals surface area (Å²) in [5.74, 6) is -1.21. The third-order valence-electron chi connectivity index (χ3n) is 5.74. The molecule has 180 valence electrons. The average Bonchev–Trinajstić information content (AvgIpc) is 3.22. The quantitative estimate of drug-likeness (QED) is 0.506. The first-order valence-corrected chi connectivity index (χ1v) is 11.1. The summed E-state index contributed by atoms with van der Waals surface area (Å²) >= 11 is 5.98. The number of fused-ring (bicyclic) bond motifs is 1. The van der Waals surface area contributed by atoms with Gasteiger partial charge in [-0.15, -0.1) is 0 Å². The van der Waals surface area contributed by atoms with Crippen LogP contribution in [0, 0.1) is 11.6 Å². The fourth-order valence-corrected chi connectivity index (χ4v) is 4.31. The Morgan fingerprint density at radius 3 is 2.76 bits per heavy atom. The average molecular weight is 491 g/mol. The number of aromatic nitrogens is 1. The van der Waals surface area contributed by atoms with E-state index in [1.165, 1.54) is 6.92 Å². The summed E-state index contributed by atoms with van der Waals surface area (Å²) in [5.41, 5.74) is 8.08. The molecule has 1 amide bonds. The zero-order valence-electron chi connectivity index (χ0n) is 19.1. The number of nitrogens with zero attached hydrogens (tertiary/aromatic N) is 3. The van der Waals surface area contributed by atoms with E-state index in [2.05, 4.69) is 4.98 Å². The van der Waals surface area contributed by atoms with Crippen LogP contribution in [0.4, 0.5) is 14.6 Å². The van der Waals surface area contributed by atoms with E-state index >= 15 is 0 Å². The number of likely N-dealkylation sites (N-methyl/N-ethyl adjacent to an activating group) is 1. The van der Waals surface area contributed by atoms with E-state index in [1.807, 2.05) is 25.1 Å². The van der Waals surface area contributed by atoms with Gasteiger partial charge in [-0.3, -0.25) is 4.79 Å². The highest BCUT2D eigenvalue weighted by atomic mass is 35.5. The Balaban J connectivity index is 1.62. The largest absolute Gasteiger partial charge is 0.478 e. The van der Waals surface area contributed by atoms with Crippen molar-refractivity contribution in [2.24, 2.45) is 0 Å². The van der Waals surface area contributed by atoms with E-state index in [9.17, 15) is 13.6 Å². The van der Waals surface area contributed by atoms with Gasteiger partial charge in [-0.05, 0) is 45.1 Å². The van der Waals surface area contributed by atoms with Crippen molar-refractivity contribution in [2.45, 2.75) is 19.4 Å². The Labute approximate surface area is 200 Å². The van der Waals surface area contributed by atoms with E-state index in [0.717, 1.165) is 23.3 Å². The summed E-state index contributed by atoms with van der Waals surface area (Å²) in [4.78, 5) is 20.2. The van der Waals surface area contributed by atoms with E-state index < -0.39 is 17.7 Å². The van der Waals surface area contributed by atoms with Crippen LogP contribution in [0.25, 0.3) is 16.5 Å². The second kappa shape index (κ2) is 9.60. The first kappa shape index (κ1) is 24.0. The summed E-state index contributed by atoms with van der Waals surface area (Å²) < 4.78 is 39.9. The van der Waals surface area contributed by atoms with Gasteiger partial charge >= 0.3 is 0 Å². The van der Waals surface area contributed by atoms with Gasteiger partial charge in [-0.1, -0.05) is 17.7 Å². The molecule has 0 aliphatic carbocycles. The van der Waals surface area contributed by atoms with E-state index in [1.54, 1.807) is 17.4 Å². The maximum absolute atomic E-state index is 14.4. The van der Waals surface area contributed by atoms with Crippen LogP contribution in [0.15, 0.2) is 35.1 Å². The number of carbonyl (C=O) groups excluding carboxylic acids is 1. The number of anilines is 1. The maximum atomic E-state index is 14.4. The minimum atomic E-state index is -0.961. The number of nitrogens with two attached hydrogens (primary N) is 1. The SMILES string of the molecule is C[C@@H](Oc1c(N)ncc2c(C3=CCN(C(=O)CN(C)C)CC3)coc12)c1c(F)ccc(F)c1Cl. The smallest absolute Gasteiger partial charge is 0.237 e. The fourth-order valence-electron chi connectivity index (χ4n) is 4.00. The van der Waals surface area contributed by atoms with Crippen molar-refractivity contribution in [3.63, 3.8) is 0 Å². The van der Waals surface area contributed by atoms with Gasteiger partial charge in [0.25, 0.3) is 0 Å². The minimum absolute atomic E-state index is 0.0475. The van der Waals surface area contributed by atoms with Crippen molar-refractivity contribution in [3.8, 4) is 5.75 Å². The van der Waals surface area contributed by atoms with Crippen LogP contribution in [0.5, 0.6) is 5.75 Å². The Morgan fingerprint density at radius 2 is 2.09 bits per heavy atom. The van der Waals surface area contributed by atoms with Gasteiger partial charge in [0.1, 0.15) is 17.7 Å². The van der Waals surface area contributed by atoms with Gasteiger partial charge in [-0.2, -0.15) is 0 Å². The predicted molar refractivity (Wildman–Crippen MR) is 127 cm³/mol. The molecule has 2 aromatic heterocycles. The molecule has 0 saturated heterocycles. The zero-order chi connectivity index (χ0) is 24.6. The first-order valence-electron chi connectivity index (χ1n) is 10.7. The molecule has 7 nitrogen and oxygen atoms in total. The molecular weight excluding hydrogens is 466 g/mol. The van der Waals surface area contributed by atoms with Crippen LogP contribution in [-0.2, 0) is 4.79 Å². The van der Waals surface area contributed by atoms with Crippen molar-refractivity contribution in [3.05, 3.63) is 58.5 Å².